The summed E-state index contributed by atoms with van der Waals surface area (Å²) in [6, 6.07) is 6.15. The molecule has 2 rings (SSSR count). The second kappa shape index (κ2) is 7.26. The Bertz CT molecular complexity index is 779. The Morgan fingerprint density at radius 2 is 2.13 bits per heavy atom. The van der Waals surface area contributed by atoms with E-state index < -0.39 is 18.0 Å². The number of urea groups is 1. The molecule has 2 amide bonds. The van der Waals surface area contributed by atoms with Gasteiger partial charge in [-0.15, -0.1) is 0 Å². The van der Waals surface area contributed by atoms with Gasteiger partial charge in [0.05, 0.1) is 16.8 Å². The van der Waals surface area contributed by atoms with Gasteiger partial charge in [0.25, 0.3) is 0 Å². The molecule has 3 N–H and O–H groups in total. The van der Waals surface area contributed by atoms with Crippen LogP contribution in [0, 0.1) is 5.82 Å². The van der Waals surface area contributed by atoms with Crippen molar-refractivity contribution in [3.63, 3.8) is 0 Å². The van der Waals surface area contributed by atoms with E-state index in [4.69, 9.17) is 11.6 Å². The summed E-state index contributed by atoms with van der Waals surface area (Å²) in [5.74, 6) is -0.641. The largest absolute Gasteiger partial charge is 0.387 e. The van der Waals surface area contributed by atoms with E-state index in [2.05, 4.69) is 10.6 Å². The summed E-state index contributed by atoms with van der Waals surface area (Å²) in [4.78, 5) is 23.0. The predicted octanol–water partition coefficient (Wildman–Crippen LogP) is 2.03. The van der Waals surface area contributed by atoms with Crippen LogP contribution in [0.25, 0.3) is 0 Å². The maximum atomic E-state index is 13.3. The number of aromatic nitrogens is 1. The Hall–Kier alpha value is -2.38. The number of carbonyl (C=O) groups excluding carboxylic acids is 1. The average Bonchev–Trinajstić information content (AvgIpc) is 2.51. The minimum atomic E-state index is -1.08. The summed E-state index contributed by atoms with van der Waals surface area (Å²) in [5.41, 5.74) is 0.530. The molecule has 0 radical (unpaired) electrons. The Balaban J connectivity index is 1.91. The molecule has 0 spiro atoms. The first kappa shape index (κ1) is 17.0. The van der Waals surface area contributed by atoms with E-state index in [1.165, 1.54) is 35.0 Å². The molecule has 0 aliphatic heterocycles. The van der Waals surface area contributed by atoms with Crippen molar-refractivity contribution in [1.29, 1.82) is 0 Å². The minimum absolute atomic E-state index is 0.0404. The second-order valence-electron chi connectivity index (χ2n) is 4.89. The average molecular weight is 340 g/mol. The van der Waals surface area contributed by atoms with Gasteiger partial charge in [-0.1, -0.05) is 17.7 Å². The van der Waals surface area contributed by atoms with Crippen molar-refractivity contribution in [3.05, 3.63) is 63.3 Å². The Morgan fingerprint density at radius 3 is 2.78 bits per heavy atom. The molecule has 23 heavy (non-hydrogen) atoms. The molecule has 0 bridgehead atoms. The number of hydrogen-bond acceptors (Lipinski definition) is 3. The highest BCUT2D eigenvalue weighted by atomic mass is 35.5. The molecule has 8 heteroatoms. The summed E-state index contributed by atoms with van der Waals surface area (Å²) in [5, 5.41) is 14.9. The maximum absolute atomic E-state index is 13.3. The molecule has 6 nitrogen and oxygen atoms in total. The highest BCUT2D eigenvalue weighted by molar-refractivity contribution is 6.30. The van der Waals surface area contributed by atoms with Gasteiger partial charge in [-0.25, -0.2) is 9.18 Å². The molecule has 1 atom stereocenters. The minimum Gasteiger partial charge on any atom is -0.387 e. The van der Waals surface area contributed by atoms with Crippen molar-refractivity contribution in [2.24, 2.45) is 7.05 Å². The first-order chi connectivity index (χ1) is 10.9. The van der Waals surface area contributed by atoms with Crippen LogP contribution < -0.4 is 16.2 Å². The molecule has 0 saturated carbocycles. The van der Waals surface area contributed by atoms with Gasteiger partial charge in [-0.2, -0.15) is 0 Å². The van der Waals surface area contributed by atoms with Gasteiger partial charge in [0.1, 0.15) is 5.82 Å². The maximum Gasteiger partial charge on any atom is 0.319 e. The summed E-state index contributed by atoms with van der Waals surface area (Å²) < 4.78 is 14.6. The standard InChI is InChI=1S/C15H15ClFN3O3/c1-20-8-10(3-5-14(20)22)19-15(23)18-7-13(21)9-2-4-11(16)12(17)6-9/h2-6,8,13,21H,7H2,1H3,(H2,18,19,23). The number of nitrogens with one attached hydrogen (secondary N) is 2. The number of anilines is 1. The molecule has 1 aromatic carbocycles. The summed E-state index contributed by atoms with van der Waals surface area (Å²) in [6.07, 6.45) is 0.389. The Kier molecular flexibility index (Phi) is 5.36. The lowest BCUT2D eigenvalue weighted by molar-refractivity contribution is 0.174. The third kappa shape index (κ3) is 4.54. The van der Waals surface area contributed by atoms with Gasteiger partial charge >= 0.3 is 6.03 Å². The van der Waals surface area contributed by atoms with Crippen LogP contribution in [-0.2, 0) is 7.05 Å². The monoisotopic (exact) mass is 339 g/mol. The highest BCUT2D eigenvalue weighted by Crippen LogP contribution is 2.19. The van der Waals surface area contributed by atoms with E-state index in [1.807, 2.05) is 0 Å². The number of aryl methyl sites for hydroxylation is 1. The number of pyridine rings is 1. The van der Waals surface area contributed by atoms with Crippen LogP contribution in [-0.4, -0.2) is 22.2 Å². The quantitative estimate of drug-likeness (QED) is 0.797. The summed E-state index contributed by atoms with van der Waals surface area (Å²) in [6.45, 7) is -0.112. The van der Waals surface area contributed by atoms with Crippen molar-refractivity contribution in [2.75, 3.05) is 11.9 Å². The Morgan fingerprint density at radius 1 is 1.39 bits per heavy atom. The number of halogens is 2. The van der Waals surface area contributed by atoms with E-state index in [0.29, 0.717) is 11.3 Å². The zero-order valence-electron chi connectivity index (χ0n) is 12.2. The molecule has 1 heterocycles. The number of aliphatic hydroxyl groups excluding tert-OH is 1. The van der Waals surface area contributed by atoms with Crippen molar-refractivity contribution in [2.45, 2.75) is 6.10 Å². The fraction of sp³-hybridized carbons (Fsp3) is 0.200. The lowest BCUT2D eigenvalue weighted by Gasteiger charge is -2.13. The Labute approximate surface area is 136 Å². The number of nitrogens with zero attached hydrogens (tertiary/aromatic N) is 1. The van der Waals surface area contributed by atoms with Gasteiger partial charge in [0, 0.05) is 25.9 Å². The fourth-order valence-corrected chi connectivity index (χ4v) is 1.99. The van der Waals surface area contributed by atoms with Gasteiger partial charge in [0.2, 0.25) is 5.56 Å². The van der Waals surface area contributed by atoms with Gasteiger partial charge in [0.15, 0.2) is 0 Å². The SMILES string of the molecule is Cn1cc(NC(=O)NCC(O)c2ccc(Cl)c(F)c2)ccc1=O. The number of amides is 2. The molecule has 122 valence electrons. The molecule has 0 aliphatic carbocycles. The van der Waals surface area contributed by atoms with Crippen LogP contribution in [0.2, 0.25) is 5.02 Å². The zero-order valence-corrected chi connectivity index (χ0v) is 13.0. The van der Waals surface area contributed by atoms with Crippen LogP contribution >= 0.6 is 11.6 Å². The molecule has 0 fully saturated rings. The van der Waals surface area contributed by atoms with Crippen LogP contribution in [0.5, 0.6) is 0 Å². The number of benzene rings is 1. The van der Waals surface area contributed by atoms with Crippen LogP contribution in [0.4, 0.5) is 14.9 Å². The smallest absolute Gasteiger partial charge is 0.319 e. The number of hydrogen-bond donors (Lipinski definition) is 3. The number of carbonyl (C=O) groups is 1. The predicted molar refractivity (Wildman–Crippen MR) is 85.1 cm³/mol. The summed E-state index contributed by atoms with van der Waals surface area (Å²) >= 11 is 5.57. The molecule has 0 aliphatic rings. The summed E-state index contributed by atoms with van der Waals surface area (Å²) in [7, 11) is 1.56. The molecular weight excluding hydrogens is 325 g/mol. The van der Waals surface area contributed by atoms with Crippen molar-refractivity contribution in [1.82, 2.24) is 9.88 Å². The van der Waals surface area contributed by atoms with Gasteiger partial charge in [-0.05, 0) is 23.8 Å². The van der Waals surface area contributed by atoms with E-state index in [1.54, 1.807) is 7.05 Å². The molecule has 1 aromatic heterocycles. The van der Waals surface area contributed by atoms with Gasteiger partial charge in [-0.3, -0.25) is 4.79 Å². The van der Waals surface area contributed by atoms with E-state index >= 15 is 0 Å². The third-order valence-electron chi connectivity index (χ3n) is 3.13. The number of aliphatic hydroxyl groups is 1. The number of rotatable bonds is 4. The normalized spacial score (nSPS) is 11.8. The first-order valence-electron chi connectivity index (χ1n) is 6.71. The van der Waals surface area contributed by atoms with Crippen LogP contribution in [0.3, 0.4) is 0 Å². The highest BCUT2D eigenvalue weighted by Gasteiger charge is 2.12. The van der Waals surface area contributed by atoms with E-state index in [0.717, 1.165) is 6.07 Å². The van der Waals surface area contributed by atoms with E-state index in [-0.39, 0.29) is 17.1 Å². The lowest BCUT2D eigenvalue weighted by atomic mass is 10.1. The van der Waals surface area contributed by atoms with Crippen molar-refractivity contribution in [3.8, 4) is 0 Å². The van der Waals surface area contributed by atoms with Gasteiger partial charge < -0.3 is 20.3 Å². The van der Waals surface area contributed by atoms with Crippen LogP contribution in [0.1, 0.15) is 11.7 Å². The van der Waals surface area contributed by atoms with Crippen molar-refractivity contribution >= 4 is 23.3 Å². The topological polar surface area (TPSA) is 83.4 Å². The molecule has 1 unspecified atom stereocenters. The van der Waals surface area contributed by atoms with E-state index in [9.17, 15) is 19.1 Å². The molecule has 2 aromatic rings. The van der Waals surface area contributed by atoms with Crippen LogP contribution in [0.15, 0.2) is 41.3 Å². The fourth-order valence-electron chi connectivity index (χ4n) is 1.87. The zero-order chi connectivity index (χ0) is 17.0. The molecule has 0 saturated heterocycles. The molecular formula is C15H15ClFN3O3. The van der Waals surface area contributed by atoms with Crippen molar-refractivity contribution < 1.29 is 14.3 Å². The third-order valence-corrected chi connectivity index (χ3v) is 3.43. The first-order valence-corrected chi connectivity index (χ1v) is 7.09. The second-order valence-corrected chi connectivity index (χ2v) is 5.30. The lowest BCUT2D eigenvalue weighted by Crippen LogP contribution is -2.32.